The number of nitrogens with zero attached hydrogens (tertiary/aromatic N) is 3. The van der Waals surface area contributed by atoms with Gasteiger partial charge in [-0.05, 0) is 25.3 Å². The van der Waals surface area contributed by atoms with Gasteiger partial charge in [0.05, 0.1) is 17.9 Å². The molecule has 1 aromatic rings. The fraction of sp³-hybridized carbons (Fsp3) is 0.857. The quantitative estimate of drug-likeness (QED) is 0.734. The molecule has 0 spiro atoms. The summed E-state index contributed by atoms with van der Waals surface area (Å²) in [5, 5.41) is 12.0. The molecule has 0 bridgehead atoms. The topological polar surface area (TPSA) is 42.7 Å². The first-order valence-electron chi connectivity index (χ1n) is 7.40. The van der Waals surface area contributed by atoms with Gasteiger partial charge in [0.15, 0.2) is 0 Å². The lowest BCUT2D eigenvalue weighted by atomic mass is 9.92. The van der Waals surface area contributed by atoms with Gasteiger partial charge in [0.2, 0.25) is 0 Å². The van der Waals surface area contributed by atoms with Gasteiger partial charge in [-0.1, -0.05) is 45.7 Å². The van der Waals surface area contributed by atoms with E-state index in [4.69, 9.17) is 0 Å². The molecule has 0 radical (unpaired) electrons. The fourth-order valence-electron chi connectivity index (χ4n) is 2.46. The lowest BCUT2D eigenvalue weighted by molar-refractivity contribution is 0.321. The molecule has 0 saturated heterocycles. The van der Waals surface area contributed by atoms with Crippen LogP contribution >= 0.6 is 0 Å². The first-order chi connectivity index (χ1) is 8.78. The van der Waals surface area contributed by atoms with Gasteiger partial charge in [-0.15, -0.1) is 5.10 Å². The van der Waals surface area contributed by atoms with E-state index in [1.807, 2.05) is 6.20 Å². The molecule has 0 saturated carbocycles. The third-order valence-electron chi connectivity index (χ3n) is 3.54. The Bertz CT molecular complexity index is 317. The molecule has 1 rings (SSSR count). The first kappa shape index (κ1) is 15.2. The molecule has 104 valence electrons. The minimum Gasteiger partial charge on any atom is -0.308 e. The zero-order valence-corrected chi connectivity index (χ0v) is 12.3. The van der Waals surface area contributed by atoms with Crippen LogP contribution in [0.2, 0.25) is 0 Å². The highest BCUT2D eigenvalue weighted by molar-refractivity contribution is 5.04. The van der Waals surface area contributed by atoms with Crippen LogP contribution in [0.15, 0.2) is 6.20 Å². The average molecular weight is 252 g/mol. The highest BCUT2D eigenvalue weighted by Gasteiger charge is 2.23. The summed E-state index contributed by atoms with van der Waals surface area (Å²) in [5.74, 6) is 0.658. The van der Waals surface area contributed by atoms with Gasteiger partial charge in [0.1, 0.15) is 0 Å². The zero-order chi connectivity index (χ0) is 13.4. The Morgan fingerprint density at radius 3 is 2.44 bits per heavy atom. The van der Waals surface area contributed by atoms with Crippen LogP contribution in [0.4, 0.5) is 0 Å². The average Bonchev–Trinajstić information content (AvgIpc) is 2.83. The summed E-state index contributed by atoms with van der Waals surface area (Å²) in [4.78, 5) is 0. The highest BCUT2D eigenvalue weighted by atomic mass is 15.4. The molecule has 0 fully saturated rings. The normalized spacial score (nSPS) is 13.2. The van der Waals surface area contributed by atoms with Gasteiger partial charge in [0.25, 0.3) is 0 Å². The highest BCUT2D eigenvalue weighted by Crippen LogP contribution is 2.26. The van der Waals surface area contributed by atoms with Crippen LogP contribution in [-0.4, -0.2) is 21.5 Å². The van der Waals surface area contributed by atoms with Crippen molar-refractivity contribution in [2.24, 2.45) is 5.92 Å². The van der Waals surface area contributed by atoms with E-state index in [9.17, 15) is 0 Å². The van der Waals surface area contributed by atoms with Gasteiger partial charge < -0.3 is 5.32 Å². The molecule has 1 unspecified atom stereocenters. The van der Waals surface area contributed by atoms with Gasteiger partial charge in [-0.2, -0.15) is 0 Å². The molecule has 0 aliphatic heterocycles. The predicted octanol–water partition coefficient (Wildman–Crippen LogP) is 3.17. The molecule has 1 atom stereocenters. The fourth-order valence-corrected chi connectivity index (χ4v) is 2.46. The van der Waals surface area contributed by atoms with Crippen molar-refractivity contribution in [2.75, 3.05) is 6.54 Å². The van der Waals surface area contributed by atoms with Gasteiger partial charge in [0, 0.05) is 6.54 Å². The third-order valence-corrected chi connectivity index (χ3v) is 3.54. The van der Waals surface area contributed by atoms with E-state index in [1.165, 1.54) is 18.5 Å². The van der Waals surface area contributed by atoms with Crippen molar-refractivity contribution in [3.8, 4) is 0 Å². The monoisotopic (exact) mass is 252 g/mol. The minimum absolute atomic E-state index is 0.390. The molecular formula is C14H28N4. The Labute approximate surface area is 111 Å². The van der Waals surface area contributed by atoms with Crippen molar-refractivity contribution in [3.63, 3.8) is 0 Å². The first-order valence-corrected chi connectivity index (χ1v) is 7.40. The second-order valence-electron chi connectivity index (χ2n) is 4.89. The van der Waals surface area contributed by atoms with Crippen LogP contribution < -0.4 is 5.32 Å². The molecule has 0 aromatic carbocycles. The van der Waals surface area contributed by atoms with Crippen molar-refractivity contribution in [1.82, 2.24) is 20.3 Å². The number of rotatable bonds is 9. The molecule has 0 aliphatic rings. The summed E-state index contributed by atoms with van der Waals surface area (Å²) in [6.07, 6.45) is 6.57. The Hall–Kier alpha value is -0.900. The summed E-state index contributed by atoms with van der Waals surface area (Å²) in [7, 11) is 0. The summed E-state index contributed by atoms with van der Waals surface area (Å²) >= 11 is 0. The molecule has 1 N–H and O–H groups in total. The predicted molar refractivity (Wildman–Crippen MR) is 75.4 cm³/mol. The molecule has 4 heteroatoms. The van der Waals surface area contributed by atoms with Crippen molar-refractivity contribution in [3.05, 3.63) is 11.9 Å². The lowest BCUT2D eigenvalue weighted by Gasteiger charge is -2.26. The SMILES string of the molecule is CCCNC(c1cnnn1CCC)C(CC)CC. The smallest absolute Gasteiger partial charge is 0.0759 e. The Kier molecular flexibility index (Phi) is 6.94. The van der Waals surface area contributed by atoms with Crippen LogP contribution in [0.1, 0.15) is 65.1 Å². The van der Waals surface area contributed by atoms with Crippen LogP contribution in [-0.2, 0) is 6.54 Å². The Morgan fingerprint density at radius 2 is 1.89 bits per heavy atom. The maximum absolute atomic E-state index is 4.21. The van der Waals surface area contributed by atoms with Crippen molar-refractivity contribution < 1.29 is 0 Å². The van der Waals surface area contributed by atoms with Gasteiger partial charge in [-0.3, -0.25) is 0 Å². The largest absolute Gasteiger partial charge is 0.308 e. The second-order valence-corrected chi connectivity index (χ2v) is 4.89. The number of nitrogens with one attached hydrogen (secondary N) is 1. The molecule has 0 amide bonds. The van der Waals surface area contributed by atoms with E-state index < -0.39 is 0 Å². The maximum atomic E-state index is 4.21. The molecule has 4 nitrogen and oxygen atoms in total. The third kappa shape index (κ3) is 3.80. The Morgan fingerprint density at radius 1 is 1.17 bits per heavy atom. The van der Waals surface area contributed by atoms with E-state index in [-0.39, 0.29) is 0 Å². The van der Waals surface area contributed by atoms with Crippen molar-refractivity contribution >= 4 is 0 Å². The van der Waals surface area contributed by atoms with Crippen LogP contribution in [0, 0.1) is 5.92 Å². The van der Waals surface area contributed by atoms with Crippen molar-refractivity contribution in [1.29, 1.82) is 0 Å². The van der Waals surface area contributed by atoms with E-state index >= 15 is 0 Å². The molecule has 18 heavy (non-hydrogen) atoms. The number of aryl methyl sites for hydroxylation is 1. The van der Waals surface area contributed by atoms with Crippen LogP contribution in [0.5, 0.6) is 0 Å². The summed E-state index contributed by atoms with van der Waals surface area (Å²) < 4.78 is 2.06. The van der Waals surface area contributed by atoms with E-state index in [0.29, 0.717) is 12.0 Å². The lowest BCUT2D eigenvalue weighted by Crippen LogP contribution is -2.30. The van der Waals surface area contributed by atoms with Crippen LogP contribution in [0.3, 0.4) is 0 Å². The summed E-state index contributed by atoms with van der Waals surface area (Å²) in [5.41, 5.74) is 1.25. The molecule has 1 heterocycles. The van der Waals surface area contributed by atoms with Crippen molar-refractivity contribution in [2.45, 2.75) is 66.0 Å². The minimum atomic E-state index is 0.390. The standard InChI is InChI=1S/C14H28N4/c1-5-9-15-14(12(7-3)8-4)13-11-16-17-18(13)10-6-2/h11-12,14-15H,5-10H2,1-4H3. The van der Waals surface area contributed by atoms with Crippen LogP contribution in [0.25, 0.3) is 0 Å². The summed E-state index contributed by atoms with van der Waals surface area (Å²) in [6.45, 7) is 10.9. The van der Waals surface area contributed by atoms with E-state index in [1.54, 1.807) is 0 Å². The Balaban J connectivity index is 2.89. The maximum Gasteiger partial charge on any atom is 0.0759 e. The van der Waals surface area contributed by atoms with E-state index in [2.05, 4.69) is 48.0 Å². The number of hydrogen-bond donors (Lipinski definition) is 1. The molecule has 1 aromatic heterocycles. The molecular weight excluding hydrogens is 224 g/mol. The van der Waals surface area contributed by atoms with E-state index in [0.717, 1.165) is 25.9 Å². The van der Waals surface area contributed by atoms with Gasteiger partial charge >= 0.3 is 0 Å². The van der Waals surface area contributed by atoms with Gasteiger partial charge in [-0.25, -0.2) is 4.68 Å². The number of aromatic nitrogens is 3. The zero-order valence-electron chi connectivity index (χ0n) is 12.3. The second kappa shape index (κ2) is 8.25. The molecule has 0 aliphatic carbocycles. The summed E-state index contributed by atoms with van der Waals surface area (Å²) in [6, 6.07) is 0.390. The number of hydrogen-bond acceptors (Lipinski definition) is 3.